The van der Waals surface area contributed by atoms with E-state index in [1.807, 2.05) is 13.1 Å². The quantitative estimate of drug-likeness (QED) is 0.653. The molecule has 1 rings (SSSR count). The average molecular weight is 262 g/mol. The zero-order valence-electron chi connectivity index (χ0n) is 12.2. The Kier molecular flexibility index (Phi) is 8.14. The SMILES string of the molecule is C=CCN(CCOC)Cc1ccc(CCNC)cc1. The lowest BCUT2D eigenvalue weighted by Crippen LogP contribution is -2.27. The summed E-state index contributed by atoms with van der Waals surface area (Å²) in [6, 6.07) is 8.87. The first kappa shape index (κ1) is 15.9. The summed E-state index contributed by atoms with van der Waals surface area (Å²) in [7, 11) is 3.72. The summed E-state index contributed by atoms with van der Waals surface area (Å²) in [5.41, 5.74) is 2.72. The van der Waals surface area contributed by atoms with Crippen molar-refractivity contribution in [2.24, 2.45) is 0 Å². The summed E-state index contributed by atoms with van der Waals surface area (Å²) in [5.74, 6) is 0. The minimum Gasteiger partial charge on any atom is -0.383 e. The number of methoxy groups -OCH3 is 1. The highest BCUT2D eigenvalue weighted by Crippen LogP contribution is 2.08. The van der Waals surface area contributed by atoms with Gasteiger partial charge < -0.3 is 10.1 Å². The van der Waals surface area contributed by atoms with Crippen LogP contribution in [0.5, 0.6) is 0 Å². The van der Waals surface area contributed by atoms with Gasteiger partial charge in [0.2, 0.25) is 0 Å². The number of hydrogen-bond donors (Lipinski definition) is 1. The van der Waals surface area contributed by atoms with Crippen LogP contribution in [0.3, 0.4) is 0 Å². The molecule has 0 aliphatic heterocycles. The fraction of sp³-hybridized carbons (Fsp3) is 0.500. The van der Waals surface area contributed by atoms with Crippen molar-refractivity contribution in [3.8, 4) is 0 Å². The minimum atomic E-state index is 0.758. The molecule has 3 heteroatoms. The van der Waals surface area contributed by atoms with E-state index < -0.39 is 0 Å². The largest absolute Gasteiger partial charge is 0.383 e. The van der Waals surface area contributed by atoms with Gasteiger partial charge in [0.15, 0.2) is 0 Å². The Morgan fingerprint density at radius 1 is 1.26 bits per heavy atom. The zero-order chi connectivity index (χ0) is 13.9. The normalized spacial score (nSPS) is 10.9. The molecule has 1 aromatic carbocycles. The Hall–Kier alpha value is -1.16. The molecule has 0 aromatic heterocycles. The molecule has 0 atom stereocenters. The Balaban J connectivity index is 2.50. The Labute approximate surface area is 117 Å². The van der Waals surface area contributed by atoms with E-state index in [9.17, 15) is 0 Å². The predicted molar refractivity (Wildman–Crippen MR) is 81.4 cm³/mol. The van der Waals surface area contributed by atoms with E-state index in [0.29, 0.717) is 0 Å². The molecule has 106 valence electrons. The van der Waals surface area contributed by atoms with Crippen LogP contribution in [0.25, 0.3) is 0 Å². The molecule has 3 nitrogen and oxygen atoms in total. The number of benzene rings is 1. The van der Waals surface area contributed by atoms with Crippen molar-refractivity contribution in [3.05, 3.63) is 48.0 Å². The molecule has 1 N–H and O–H groups in total. The van der Waals surface area contributed by atoms with E-state index in [0.717, 1.165) is 39.2 Å². The predicted octanol–water partition coefficient (Wildman–Crippen LogP) is 2.08. The highest BCUT2D eigenvalue weighted by Gasteiger charge is 2.04. The average Bonchev–Trinajstić information content (AvgIpc) is 2.44. The molecule has 0 fully saturated rings. The van der Waals surface area contributed by atoms with E-state index in [4.69, 9.17) is 4.74 Å². The lowest BCUT2D eigenvalue weighted by molar-refractivity contribution is 0.151. The van der Waals surface area contributed by atoms with Crippen LogP contribution in [0.4, 0.5) is 0 Å². The fourth-order valence-corrected chi connectivity index (χ4v) is 1.98. The highest BCUT2D eigenvalue weighted by molar-refractivity contribution is 5.22. The third-order valence-electron chi connectivity index (χ3n) is 3.09. The van der Waals surface area contributed by atoms with Crippen LogP contribution in [-0.4, -0.2) is 45.3 Å². The van der Waals surface area contributed by atoms with Crippen molar-refractivity contribution >= 4 is 0 Å². The maximum absolute atomic E-state index is 5.14. The monoisotopic (exact) mass is 262 g/mol. The maximum Gasteiger partial charge on any atom is 0.0589 e. The first-order chi connectivity index (χ1) is 9.30. The van der Waals surface area contributed by atoms with Gasteiger partial charge in [0.1, 0.15) is 0 Å². The number of ether oxygens (including phenoxy) is 1. The Morgan fingerprint density at radius 3 is 2.53 bits per heavy atom. The molecule has 0 heterocycles. The molecule has 0 saturated heterocycles. The van der Waals surface area contributed by atoms with Crippen LogP contribution in [0.2, 0.25) is 0 Å². The van der Waals surface area contributed by atoms with Gasteiger partial charge in [-0.2, -0.15) is 0 Å². The number of likely N-dealkylation sites (N-methyl/N-ethyl adjacent to an activating group) is 1. The summed E-state index contributed by atoms with van der Waals surface area (Å²) in [6.45, 7) is 8.36. The summed E-state index contributed by atoms with van der Waals surface area (Å²) in [4.78, 5) is 2.33. The van der Waals surface area contributed by atoms with Gasteiger partial charge in [-0.25, -0.2) is 0 Å². The molecule has 0 spiro atoms. The van der Waals surface area contributed by atoms with Crippen LogP contribution in [-0.2, 0) is 17.7 Å². The van der Waals surface area contributed by atoms with Crippen molar-refractivity contribution in [1.29, 1.82) is 0 Å². The molecule has 1 aromatic rings. The molecule has 0 saturated carbocycles. The molecule has 0 amide bonds. The van der Waals surface area contributed by atoms with E-state index in [-0.39, 0.29) is 0 Å². The first-order valence-corrected chi connectivity index (χ1v) is 6.84. The van der Waals surface area contributed by atoms with Crippen LogP contribution in [0, 0.1) is 0 Å². The Bertz CT molecular complexity index is 348. The van der Waals surface area contributed by atoms with Crippen LogP contribution >= 0.6 is 0 Å². The summed E-state index contributed by atoms with van der Waals surface area (Å²) >= 11 is 0. The zero-order valence-corrected chi connectivity index (χ0v) is 12.2. The van der Waals surface area contributed by atoms with Gasteiger partial charge in [-0.05, 0) is 31.1 Å². The minimum absolute atomic E-state index is 0.758. The molecule has 0 aliphatic carbocycles. The first-order valence-electron chi connectivity index (χ1n) is 6.84. The number of rotatable bonds is 10. The van der Waals surface area contributed by atoms with E-state index >= 15 is 0 Å². The van der Waals surface area contributed by atoms with Gasteiger partial charge in [-0.1, -0.05) is 30.3 Å². The third-order valence-corrected chi connectivity index (χ3v) is 3.09. The number of nitrogens with one attached hydrogen (secondary N) is 1. The van der Waals surface area contributed by atoms with E-state index in [1.54, 1.807) is 7.11 Å². The van der Waals surface area contributed by atoms with Gasteiger partial charge >= 0.3 is 0 Å². The molecule has 0 bridgehead atoms. The van der Waals surface area contributed by atoms with Gasteiger partial charge in [0, 0.05) is 26.7 Å². The summed E-state index contributed by atoms with van der Waals surface area (Å²) < 4.78 is 5.14. The smallest absolute Gasteiger partial charge is 0.0589 e. The van der Waals surface area contributed by atoms with E-state index in [2.05, 4.69) is 41.1 Å². The Morgan fingerprint density at radius 2 is 1.95 bits per heavy atom. The van der Waals surface area contributed by atoms with Crippen molar-refractivity contribution in [1.82, 2.24) is 10.2 Å². The van der Waals surface area contributed by atoms with Crippen molar-refractivity contribution in [2.45, 2.75) is 13.0 Å². The summed E-state index contributed by atoms with van der Waals surface area (Å²) in [6.07, 6.45) is 3.02. The van der Waals surface area contributed by atoms with Crippen LogP contribution < -0.4 is 5.32 Å². The standard InChI is InChI=1S/C16H26N2O/c1-4-11-18(12-13-19-3)14-16-7-5-15(6-8-16)9-10-17-2/h4-8,17H,1,9-14H2,2-3H3. The van der Waals surface area contributed by atoms with Gasteiger partial charge in [0.05, 0.1) is 6.61 Å². The van der Waals surface area contributed by atoms with Crippen molar-refractivity contribution < 1.29 is 4.74 Å². The second-order valence-electron chi connectivity index (χ2n) is 4.69. The lowest BCUT2D eigenvalue weighted by Gasteiger charge is -2.20. The molecular weight excluding hydrogens is 236 g/mol. The molecule has 0 radical (unpaired) electrons. The van der Waals surface area contributed by atoms with Gasteiger partial charge in [-0.3, -0.25) is 4.90 Å². The third kappa shape index (κ3) is 6.53. The van der Waals surface area contributed by atoms with Crippen molar-refractivity contribution in [2.75, 3.05) is 40.4 Å². The summed E-state index contributed by atoms with van der Waals surface area (Å²) in [5, 5.41) is 3.17. The van der Waals surface area contributed by atoms with E-state index in [1.165, 1.54) is 11.1 Å². The number of nitrogens with zero attached hydrogens (tertiary/aromatic N) is 1. The maximum atomic E-state index is 5.14. The fourth-order valence-electron chi connectivity index (χ4n) is 1.98. The van der Waals surface area contributed by atoms with Gasteiger partial charge in [-0.15, -0.1) is 6.58 Å². The second-order valence-corrected chi connectivity index (χ2v) is 4.69. The van der Waals surface area contributed by atoms with Gasteiger partial charge in [0.25, 0.3) is 0 Å². The number of hydrogen-bond acceptors (Lipinski definition) is 3. The van der Waals surface area contributed by atoms with Crippen molar-refractivity contribution in [3.63, 3.8) is 0 Å². The molecule has 19 heavy (non-hydrogen) atoms. The topological polar surface area (TPSA) is 24.5 Å². The lowest BCUT2D eigenvalue weighted by atomic mass is 10.1. The van der Waals surface area contributed by atoms with Crippen LogP contribution in [0.15, 0.2) is 36.9 Å². The van der Waals surface area contributed by atoms with Crippen LogP contribution in [0.1, 0.15) is 11.1 Å². The molecular formula is C16H26N2O. The highest BCUT2D eigenvalue weighted by atomic mass is 16.5. The molecule has 0 aliphatic rings. The molecule has 0 unspecified atom stereocenters. The second kappa shape index (κ2) is 9.73.